The molecule has 0 fully saturated rings. The third-order valence-electron chi connectivity index (χ3n) is 5.24. The second-order valence-corrected chi connectivity index (χ2v) is 8.12. The largest absolute Gasteiger partial charge is 0.462 e. The lowest BCUT2D eigenvalue weighted by Crippen LogP contribution is -2.17. The Balaban J connectivity index is 1.65. The Labute approximate surface area is 218 Å². The minimum Gasteiger partial charge on any atom is -0.462 e. The zero-order valence-corrected chi connectivity index (χ0v) is 20.4. The molecular formula is C25H19ClF3N5O4. The van der Waals surface area contributed by atoms with Crippen molar-refractivity contribution in [3.05, 3.63) is 77.6 Å². The lowest BCUT2D eigenvalue weighted by molar-refractivity contribution is -0.137. The Hall–Kier alpha value is -4.45. The molecule has 38 heavy (non-hydrogen) atoms. The van der Waals surface area contributed by atoms with Gasteiger partial charge in [0.25, 0.3) is 5.91 Å². The highest BCUT2D eigenvalue weighted by molar-refractivity contribution is 6.29. The number of fused-ring (bicyclic) bond motifs is 1. The maximum Gasteiger partial charge on any atom is 0.416 e. The van der Waals surface area contributed by atoms with Gasteiger partial charge in [-0.25, -0.2) is 14.3 Å². The summed E-state index contributed by atoms with van der Waals surface area (Å²) in [5.74, 6) is -2.60. The van der Waals surface area contributed by atoms with Crippen LogP contribution >= 0.6 is 11.6 Å². The Morgan fingerprint density at radius 3 is 2.55 bits per heavy atom. The van der Waals surface area contributed by atoms with Crippen LogP contribution in [0.5, 0.6) is 0 Å². The van der Waals surface area contributed by atoms with Gasteiger partial charge in [-0.1, -0.05) is 12.1 Å². The Morgan fingerprint density at radius 1 is 1.05 bits per heavy atom. The zero-order valence-electron chi connectivity index (χ0n) is 19.7. The molecule has 0 aliphatic rings. The molecule has 2 aromatic carbocycles. The number of anilines is 2. The predicted molar refractivity (Wildman–Crippen MR) is 133 cm³/mol. The number of alkyl halides is 4. The maximum atomic E-state index is 13.4. The van der Waals surface area contributed by atoms with Crippen LogP contribution in [0, 0.1) is 0 Å². The first-order valence-corrected chi connectivity index (χ1v) is 11.6. The highest BCUT2D eigenvalue weighted by Gasteiger charge is 2.32. The number of esters is 1. The molecule has 0 radical (unpaired) electrons. The van der Waals surface area contributed by atoms with Gasteiger partial charge in [0.15, 0.2) is 5.65 Å². The average Bonchev–Trinajstić information content (AvgIpc) is 3.33. The smallest absolute Gasteiger partial charge is 0.416 e. The minimum absolute atomic E-state index is 0.180. The molecule has 0 aliphatic heterocycles. The van der Waals surface area contributed by atoms with Crippen molar-refractivity contribution in [1.29, 1.82) is 0 Å². The molecule has 0 atom stereocenters. The molecule has 13 heteroatoms. The van der Waals surface area contributed by atoms with E-state index in [0.717, 1.165) is 6.07 Å². The van der Waals surface area contributed by atoms with Crippen molar-refractivity contribution >= 4 is 46.4 Å². The number of ether oxygens (including phenoxy) is 1. The van der Waals surface area contributed by atoms with Crippen LogP contribution in [0.15, 0.2) is 60.9 Å². The van der Waals surface area contributed by atoms with E-state index in [2.05, 4.69) is 20.7 Å². The number of nitrogens with zero attached hydrogens (tertiary/aromatic N) is 3. The third kappa shape index (κ3) is 5.75. The number of halogens is 4. The van der Waals surface area contributed by atoms with Gasteiger partial charge in [0, 0.05) is 28.7 Å². The fourth-order valence-electron chi connectivity index (χ4n) is 3.61. The molecule has 9 nitrogen and oxygen atoms in total. The lowest BCUT2D eigenvalue weighted by atomic mass is 10.1. The fraction of sp³-hybridized carbons (Fsp3) is 0.160. The van der Waals surface area contributed by atoms with Crippen LogP contribution < -0.4 is 10.6 Å². The fourth-order valence-corrected chi connectivity index (χ4v) is 3.68. The number of carbonyl (C=O) groups excluding carboxylic acids is 3. The van der Waals surface area contributed by atoms with E-state index in [1.54, 1.807) is 37.3 Å². The molecule has 0 saturated carbocycles. The van der Waals surface area contributed by atoms with E-state index in [1.807, 2.05) is 0 Å². The van der Waals surface area contributed by atoms with Gasteiger partial charge in [0.2, 0.25) is 5.91 Å². The number of benzene rings is 2. The molecule has 2 amide bonds. The highest BCUT2D eigenvalue weighted by Crippen LogP contribution is 2.32. The lowest BCUT2D eigenvalue weighted by Gasteiger charge is -2.13. The summed E-state index contributed by atoms with van der Waals surface area (Å²) in [5, 5.41) is 9.02. The molecule has 0 unspecified atom stereocenters. The summed E-state index contributed by atoms with van der Waals surface area (Å²) in [6, 6.07) is 10.7. The second-order valence-electron chi connectivity index (χ2n) is 7.86. The molecule has 0 bridgehead atoms. The highest BCUT2D eigenvalue weighted by atomic mass is 35.5. The van der Waals surface area contributed by atoms with Crippen LogP contribution in [0.25, 0.3) is 16.9 Å². The number of carbonyl (C=O) groups is 3. The molecule has 2 N–H and O–H groups in total. The average molecular weight is 546 g/mol. The van der Waals surface area contributed by atoms with Crippen molar-refractivity contribution in [2.75, 3.05) is 23.1 Å². The van der Waals surface area contributed by atoms with Crippen molar-refractivity contribution in [2.45, 2.75) is 13.1 Å². The van der Waals surface area contributed by atoms with Gasteiger partial charge in [-0.15, -0.1) is 11.6 Å². The summed E-state index contributed by atoms with van der Waals surface area (Å²) in [4.78, 5) is 40.9. The van der Waals surface area contributed by atoms with Gasteiger partial charge < -0.3 is 15.4 Å². The number of rotatable bonds is 7. The van der Waals surface area contributed by atoms with E-state index in [0.29, 0.717) is 23.4 Å². The normalized spacial score (nSPS) is 11.3. The third-order valence-corrected chi connectivity index (χ3v) is 5.48. The van der Waals surface area contributed by atoms with Gasteiger partial charge in [-0.3, -0.25) is 9.59 Å². The number of aromatic nitrogens is 3. The molecule has 0 saturated heterocycles. The summed E-state index contributed by atoms with van der Waals surface area (Å²) in [6.07, 6.45) is -1.93. The SMILES string of the molecule is CCOC(=O)c1cnn2c(-c3cccc(NC(=O)c4cc(NC(=O)CCl)cc(C(F)(F)F)c4)c3)ccnc12. The summed E-state index contributed by atoms with van der Waals surface area (Å²) in [6.45, 7) is 1.86. The van der Waals surface area contributed by atoms with Crippen molar-refractivity contribution in [1.82, 2.24) is 14.6 Å². The number of nitrogens with one attached hydrogen (secondary N) is 2. The van der Waals surface area contributed by atoms with Crippen molar-refractivity contribution in [3.63, 3.8) is 0 Å². The van der Waals surface area contributed by atoms with Gasteiger partial charge in [0.05, 0.1) is 24.1 Å². The van der Waals surface area contributed by atoms with Crippen LogP contribution in [0.4, 0.5) is 24.5 Å². The molecule has 2 aromatic heterocycles. The van der Waals surface area contributed by atoms with Crippen LogP contribution in [-0.4, -0.2) is 44.9 Å². The van der Waals surface area contributed by atoms with Crippen LogP contribution in [-0.2, 0) is 15.7 Å². The van der Waals surface area contributed by atoms with E-state index in [1.165, 1.54) is 16.9 Å². The summed E-state index contributed by atoms with van der Waals surface area (Å²) >= 11 is 5.43. The van der Waals surface area contributed by atoms with E-state index in [9.17, 15) is 27.6 Å². The van der Waals surface area contributed by atoms with E-state index in [4.69, 9.17) is 16.3 Å². The van der Waals surface area contributed by atoms with Crippen LogP contribution in [0.1, 0.15) is 33.2 Å². The first-order valence-electron chi connectivity index (χ1n) is 11.1. The van der Waals surface area contributed by atoms with Crippen LogP contribution in [0.2, 0.25) is 0 Å². The minimum atomic E-state index is -4.75. The zero-order chi connectivity index (χ0) is 27.4. The molecule has 0 aliphatic carbocycles. The molecule has 196 valence electrons. The number of hydrogen-bond donors (Lipinski definition) is 2. The summed E-state index contributed by atoms with van der Waals surface area (Å²) < 4.78 is 46.7. The van der Waals surface area contributed by atoms with Crippen LogP contribution in [0.3, 0.4) is 0 Å². The molecule has 4 rings (SSSR count). The maximum absolute atomic E-state index is 13.4. The van der Waals surface area contributed by atoms with Crippen molar-refractivity contribution < 1.29 is 32.3 Å². The topological polar surface area (TPSA) is 115 Å². The Bertz CT molecular complexity index is 1540. The quantitative estimate of drug-likeness (QED) is 0.249. The summed E-state index contributed by atoms with van der Waals surface area (Å²) in [7, 11) is 0. The van der Waals surface area contributed by atoms with Crippen molar-refractivity contribution in [2.24, 2.45) is 0 Å². The van der Waals surface area contributed by atoms with Gasteiger partial charge in [-0.2, -0.15) is 18.3 Å². The first-order chi connectivity index (χ1) is 18.1. The monoisotopic (exact) mass is 545 g/mol. The molecule has 4 aromatic rings. The van der Waals surface area contributed by atoms with Crippen molar-refractivity contribution in [3.8, 4) is 11.3 Å². The number of hydrogen-bond acceptors (Lipinski definition) is 6. The van der Waals surface area contributed by atoms with Gasteiger partial charge in [-0.05, 0) is 43.3 Å². The molecule has 0 spiro atoms. The number of amides is 2. The molecular weight excluding hydrogens is 527 g/mol. The Morgan fingerprint density at radius 2 is 1.84 bits per heavy atom. The first kappa shape index (κ1) is 26.6. The summed E-state index contributed by atoms with van der Waals surface area (Å²) in [5.41, 5.74) is 0.176. The second kappa shape index (κ2) is 10.9. The van der Waals surface area contributed by atoms with E-state index >= 15 is 0 Å². The van der Waals surface area contributed by atoms with E-state index in [-0.39, 0.29) is 34.8 Å². The Kier molecular flexibility index (Phi) is 7.62. The van der Waals surface area contributed by atoms with Gasteiger partial charge in [0.1, 0.15) is 11.4 Å². The van der Waals surface area contributed by atoms with E-state index < -0.39 is 35.4 Å². The molecule has 2 heterocycles. The predicted octanol–water partition coefficient (Wildman–Crippen LogP) is 5.02. The van der Waals surface area contributed by atoms with Gasteiger partial charge >= 0.3 is 12.1 Å². The standard InChI is InChI=1S/C25H19ClF3N5O4/c1-2-38-24(37)19-13-31-34-20(6-7-30-22(19)34)14-4-3-5-17(9-14)33-23(36)15-8-16(25(27,28)29)11-18(10-15)32-21(35)12-26/h3-11,13H,2,12H2,1H3,(H,32,35)(H,33,36).